The summed E-state index contributed by atoms with van der Waals surface area (Å²) in [5.41, 5.74) is 0.397. The van der Waals surface area contributed by atoms with Crippen LogP contribution in [-0.4, -0.2) is 14.4 Å². The third-order valence-corrected chi connectivity index (χ3v) is 4.63. The first kappa shape index (κ1) is 18.1. The van der Waals surface area contributed by atoms with E-state index in [-0.39, 0.29) is 36.4 Å². The average molecular weight is 368 g/mol. The molecule has 0 aliphatic heterocycles. The summed E-state index contributed by atoms with van der Waals surface area (Å²) >= 11 is 17.3. The van der Waals surface area contributed by atoms with E-state index in [0.717, 1.165) is 0 Å². The molecule has 1 rings (SSSR count). The van der Waals surface area contributed by atoms with Crippen LogP contribution in [0.5, 0.6) is 5.75 Å². The number of benzene rings is 1. The molecule has 21 heavy (non-hydrogen) atoms. The molecular weight excluding hydrogens is 355 g/mol. The summed E-state index contributed by atoms with van der Waals surface area (Å²) < 4.78 is 12.4. The lowest BCUT2D eigenvalue weighted by Gasteiger charge is -2.10. The third-order valence-electron chi connectivity index (χ3n) is 2.55. The minimum absolute atomic E-state index is 0.0143. The number of allylic oxidation sites excluding steroid dienone is 4. The van der Waals surface area contributed by atoms with Gasteiger partial charge in [0, 0.05) is 10.1 Å². The molecule has 2 N–H and O–H groups in total. The molecule has 1 unspecified atom stereocenters. The van der Waals surface area contributed by atoms with Crippen LogP contribution in [0, 0.1) is 0 Å². The largest absolute Gasteiger partial charge is 0.507 e. The van der Waals surface area contributed by atoms with Crippen molar-refractivity contribution >= 4 is 45.6 Å². The lowest BCUT2D eigenvalue weighted by atomic mass is 10.2. The molecule has 0 aliphatic rings. The molecule has 0 saturated carbocycles. The Bertz CT molecular complexity index is 678. The van der Waals surface area contributed by atoms with Crippen LogP contribution in [0.25, 0.3) is 0 Å². The molecule has 0 bridgehead atoms. The van der Waals surface area contributed by atoms with Gasteiger partial charge in [0.2, 0.25) is 0 Å². The number of phenolic OH excluding ortho intramolecular Hbond substituents is 1. The zero-order valence-electron chi connectivity index (χ0n) is 11.3. The number of phenols is 1. The van der Waals surface area contributed by atoms with Gasteiger partial charge in [-0.3, -0.25) is 0 Å². The first-order chi connectivity index (χ1) is 9.65. The number of aliphatic hydroxyl groups is 1. The topological polar surface area (TPSA) is 57.5 Å². The average Bonchev–Trinajstić information content (AvgIpc) is 2.39. The second-order valence-corrected chi connectivity index (χ2v) is 7.10. The highest BCUT2D eigenvalue weighted by atomic mass is 35.5. The maximum Gasteiger partial charge on any atom is 0.150 e. The number of rotatable bonds is 4. The van der Waals surface area contributed by atoms with Crippen LogP contribution in [0.4, 0.5) is 0 Å². The molecule has 1 aromatic carbocycles. The fraction of sp³-hybridized carbons (Fsp3) is 0.143. The first-order valence-electron chi connectivity index (χ1n) is 5.67. The van der Waals surface area contributed by atoms with Gasteiger partial charge in [-0.1, -0.05) is 41.4 Å². The SMILES string of the molecule is C=C(Cl)/C=C(C)\C(O)=C(/C)S(=O)c1cc(Cl)cc(Cl)c1O. The molecule has 7 heteroatoms. The Morgan fingerprint density at radius 1 is 1.33 bits per heavy atom. The number of aliphatic hydroxyl groups excluding tert-OH is 1. The Morgan fingerprint density at radius 2 is 1.90 bits per heavy atom. The maximum atomic E-state index is 12.4. The first-order valence-corrected chi connectivity index (χ1v) is 7.96. The van der Waals surface area contributed by atoms with E-state index in [4.69, 9.17) is 34.8 Å². The van der Waals surface area contributed by atoms with Gasteiger partial charge in [-0.05, 0) is 37.6 Å². The lowest BCUT2D eigenvalue weighted by Crippen LogP contribution is -1.99. The quantitative estimate of drug-likeness (QED) is 0.561. The van der Waals surface area contributed by atoms with Crippen LogP contribution in [0.15, 0.2) is 51.0 Å². The molecule has 0 aromatic heterocycles. The number of halogens is 3. The van der Waals surface area contributed by atoms with Gasteiger partial charge in [0.05, 0.1) is 25.6 Å². The van der Waals surface area contributed by atoms with Gasteiger partial charge in [0.15, 0.2) is 5.75 Å². The Kier molecular flexibility index (Phi) is 6.35. The number of hydrogen-bond acceptors (Lipinski definition) is 3. The van der Waals surface area contributed by atoms with Crippen molar-refractivity contribution in [2.45, 2.75) is 18.7 Å². The second-order valence-electron chi connectivity index (χ2n) is 4.18. The molecule has 0 amide bonds. The molecule has 0 saturated heterocycles. The van der Waals surface area contributed by atoms with E-state index in [0.29, 0.717) is 5.57 Å². The van der Waals surface area contributed by atoms with Crippen LogP contribution in [0.2, 0.25) is 10.0 Å². The minimum Gasteiger partial charge on any atom is -0.507 e. The fourth-order valence-electron chi connectivity index (χ4n) is 1.52. The summed E-state index contributed by atoms with van der Waals surface area (Å²) in [5, 5.41) is 20.4. The number of aromatic hydroxyl groups is 1. The van der Waals surface area contributed by atoms with Crippen molar-refractivity contribution in [2.24, 2.45) is 0 Å². The Hall–Kier alpha value is -0.940. The van der Waals surface area contributed by atoms with Crippen LogP contribution >= 0.6 is 34.8 Å². The van der Waals surface area contributed by atoms with Gasteiger partial charge >= 0.3 is 0 Å². The molecule has 0 heterocycles. The van der Waals surface area contributed by atoms with Crippen molar-refractivity contribution in [1.29, 1.82) is 0 Å². The molecule has 3 nitrogen and oxygen atoms in total. The van der Waals surface area contributed by atoms with E-state index in [9.17, 15) is 14.4 Å². The smallest absolute Gasteiger partial charge is 0.150 e. The zero-order valence-corrected chi connectivity index (χ0v) is 14.4. The van der Waals surface area contributed by atoms with Crippen LogP contribution in [0.1, 0.15) is 13.8 Å². The van der Waals surface area contributed by atoms with Gasteiger partial charge in [-0.15, -0.1) is 0 Å². The van der Waals surface area contributed by atoms with Crippen LogP contribution < -0.4 is 0 Å². The van der Waals surface area contributed by atoms with Gasteiger partial charge in [0.1, 0.15) is 5.76 Å². The molecule has 1 atom stereocenters. The Labute approximate surface area is 140 Å². The normalized spacial score (nSPS) is 14.6. The highest BCUT2D eigenvalue weighted by molar-refractivity contribution is 7.89. The van der Waals surface area contributed by atoms with Crippen molar-refractivity contribution in [1.82, 2.24) is 0 Å². The standard InChI is InChI=1S/C14H13Cl3O3S/c1-7(4-8(2)15)13(18)9(3)21(20)12-6-10(16)5-11(17)14(12)19/h4-6,18-19H,2H2,1,3H3/b7-4-,13-9-. The van der Waals surface area contributed by atoms with E-state index in [1.807, 2.05) is 0 Å². The Balaban J connectivity index is 3.35. The highest BCUT2D eigenvalue weighted by Crippen LogP contribution is 2.35. The van der Waals surface area contributed by atoms with Gasteiger partial charge in [0.25, 0.3) is 0 Å². The van der Waals surface area contributed by atoms with E-state index >= 15 is 0 Å². The van der Waals surface area contributed by atoms with Crippen molar-refractivity contribution in [3.8, 4) is 5.75 Å². The van der Waals surface area contributed by atoms with Crippen molar-refractivity contribution in [3.63, 3.8) is 0 Å². The monoisotopic (exact) mass is 366 g/mol. The molecular formula is C14H13Cl3O3S. The van der Waals surface area contributed by atoms with E-state index < -0.39 is 10.8 Å². The van der Waals surface area contributed by atoms with Crippen molar-refractivity contribution < 1.29 is 14.4 Å². The minimum atomic E-state index is -1.83. The summed E-state index contributed by atoms with van der Waals surface area (Å²) in [6, 6.07) is 2.66. The summed E-state index contributed by atoms with van der Waals surface area (Å²) in [7, 11) is -1.83. The van der Waals surface area contributed by atoms with Crippen LogP contribution in [0.3, 0.4) is 0 Å². The van der Waals surface area contributed by atoms with Gasteiger partial charge in [-0.25, -0.2) is 4.21 Å². The van der Waals surface area contributed by atoms with E-state index in [1.165, 1.54) is 25.1 Å². The second kappa shape index (κ2) is 7.36. The summed E-state index contributed by atoms with van der Waals surface area (Å²) in [4.78, 5) is 0.157. The molecule has 0 aliphatic carbocycles. The summed E-state index contributed by atoms with van der Waals surface area (Å²) in [5.74, 6) is -0.541. The van der Waals surface area contributed by atoms with Gasteiger partial charge in [-0.2, -0.15) is 0 Å². The molecule has 0 radical (unpaired) electrons. The predicted molar refractivity (Wildman–Crippen MR) is 88.6 cm³/mol. The molecule has 0 spiro atoms. The molecule has 1 aromatic rings. The zero-order chi connectivity index (χ0) is 16.3. The van der Waals surface area contributed by atoms with Gasteiger partial charge < -0.3 is 10.2 Å². The van der Waals surface area contributed by atoms with Crippen LogP contribution in [-0.2, 0) is 10.8 Å². The number of hydrogen-bond donors (Lipinski definition) is 2. The van der Waals surface area contributed by atoms with Crippen molar-refractivity contribution in [2.75, 3.05) is 0 Å². The highest BCUT2D eigenvalue weighted by Gasteiger charge is 2.18. The Morgan fingerprint density at radius 3 is 2.43 bits per heavy atom. The maximum absolute atomic E-state index is 12.4. The molecule has 114 valence electrons. The summed E-state index contributed by atoms with van der Waals surface area (Å²) in [6.45, 7) is 6.54. The fourth-order valence-corrected chi connectivity index (χ4v) is 3.48. The van der Waals surface area contributed by atoms with E-state index in [1.54, 1.807) is 6.92 Å². The molecule has 0 fully saturated rings. The summed E-state index contributed by atoms with van der Waals surface area (Å²) in [6.07, 6.45) is 1.43. The third kappa shape index (κ3) is 4.51. The van der Waals surface area contributed by atoms with Crippen molar-refractivity contribution in [3.05, 3.63) is 56.1 Å². The van der Waals surface area contributed by atoms with E-state index in [2.05, 4.69) is 6.58 Å². The predicted octanol–water partition coefficient (Wildman–Crippen LogP) is 5.29. The lowest BCUT2D eigenvalue weighted by molar-refractivity contribution is 0.420.